The summed E-state index contributed by atoms with van der Waals surface area (Å²) in [7, 11) is 1.74. The van der Waals surface area contributed by atoms with E-state index in [1.54, 1.807) is 7.11 Å². The minimum absolute atomic E-state index is 0.262. The number of aryl methyl sites for hydroxylation is 1. The van der Waals surface area contributed by atoms with Crippen molar-refractivity contribution >= 4 is 0 Å². The molecular formula is C13H20O2. The van der Waals surface area contributed by atoms with Gasteiger partial charge in [-0.2, -0.15) is 0 Å². The van der Waals surface area contributed by atoms with Crippen LogP contribution in [-0.4, -0.2) is 24.9 Å². The van der Waals surface area contributed by atoms with E-state index in [0.29, 0.717) is 0 Å². The number of aliphatic hydroxyl groups is 1. The molecule has 1 atom stereocenters. The van der Waals surface area contributed by atoms with Crippen LogP contribution in [0.4, 0.5) is 0 Å². The fourth-order valence-corrected chi connectivity index (χ4v) is 1.61. The second kappa shape index (κ2) is 6.59. The van der Waals surface area contributed by atoms with E-state index in [1.807, 2.05) is 0 Å². The van der Waals surface area contributed by atoms with Crippen LogP contribution in [-0.2, 0) is 17.6 Å². The third kappa shape index (κ3) is 4.45. The van der Waals surface area contributed by atoms with Crippen molar-refractivity contribution in [3.05, 3.63) is 35.4 Å². The number of methoxy groups -OCH3 is 1. The van der Waals surface area contributed by atoms with Gasteiger partial charge in [-0.25, -0.2) is 0 Å². The fraction of sp³-hybridized carbons (Fsp3) is 0.538. The van der Waals surface area contributed by atoms with Gasteiger partial charge in [-0.1, -0.05) is 24.3 Å². The number of aliphatic hydroxyl groups excluding tert-OH is 1. The van der Waals surface area contributed by atoms with Gasteiger partial charge in [-0.15, -0.1) is 0 Å². The van der Waals surface area contributed by atoms with Gasteiger partial charge in [0.15, 0.2) is 0 Å². The molecule has 0 bridgehead atoms. The van der Waals surface area contributed by atoms with Crippen LogP contribution in [0, 0.1) is 0 Å². The standard InChI is InChI=1S/C13H20O2/c1-11(15-2)9-13-6-3-5-12(10-13)7-4-8-14/h3,5-6,10-11,14H,4,7-9H2,1-2H3. The van der Waals surface area contributed by atoms with E-state index in [0.717, 1.165) is 19.3 Å². The maximum absolute atomic E-state index is 8.76. The molecule has 0 spiro atoms. The van der Waals surface area contributed by atoms with Crippen molar-refractivity contribution in [1.29, 1.82) is 0 Å². The van der Waals surface area contributed by atoms with Gasteiger partial charge < -0.3 is 9.84 Å². The third-order valence-electron chi connectivity index (χ3n) is 2.54. The Morgan fingerprint density at radius 1 is 1.33 bits per heavy atom. The Labute approximate surface area is 91.9 Å². The second-order valence-electron chi connectivity index (χ2n) is 3.90. The van der Waals surface area contributed by atoms with Gasteiger partial charge in [0.2, 0.25) is 0 Å². The van der Waals surface area contributed by atoms with E-state index in [-0.39, 0.29) is 12.7 Å². The highest BCUT2D eigenvalue weighted by atomic mass is 16.5. The average molecular weight is 208 g/mol. The zero-order valence-corrected chi connectivity index (χ0v) is 9.57. The van der Waals surface area contributed by atoms with E-state index >= 15 is 0 Å². The minimum atomic E-state index is 0.262. The normalized spacial score (nSPS) is 12.7. The van der Waals surface area contributed by atoms with Gasteiger partial charge >= 0.3 is 0 Å². The highest BCUT2D eigenvalue weighted by Gasteiger charge is 2.02. The molecule has 0 amide bonds. The van der Waals surface area contributed by atoms with Crippen LogP contribution in [0.5, 0.6) is 0 Å². The Balaban J connectivity index is 2.57. The van der Waals surface area contributed by atoms with Crippen LogP contribution in [0.3, 0.4) is 0 Å². The summed E-state index contributed by atoms with van der Waals surface area (Å²) < 4.78 is 5.24. The Morgan fingerprint density at radius 3 is 2.73 bits per heavy atom. The molecule has 2 nitrogen and oxygen atoms in total. The monoisotopic (exact) mass is 208 g/mol. The van der Waals surface area contributed by atoms with Gasteiger partial charge in [0.05, 0.1) is 6.10 Å². The molecule has 1 unspecified atom stereocenters. The topological polar surface area (TPSA) is 29.5 Å². The molecule has 2 heteroatoms. The van der Waals surface area contributed by atoms with E-state index in [1.165, 1.54) is 11.1 Å². The van der Waals surface area contributed by atoms with Gasteiger partial charge in [0.1, 0.15) is 0 Å². The Kier molecular flexibility index (Phi) is 5.37. The van der Waals surface area contributed by atoms with E-state index in [2.05, 4.69) is 31.2 Å². The first-order valence-electron chi connectivity index (χ1n) is 5.47. The molecule has 0 radical (unpaired) electrons. The van der Waals surface area contributed by atoms with Crippen molar-refractivity contribution in [1.82, 2.24) is 0 Å². The molecule has 0 aliphatic heterocycles. The lowest BCUT2D eigenvalue weighted by molar-refractivity contribution is 0.119. The van der Waals surface area contributed by atoms with Gasteiger partial charge in [0, 0.05) is 13.7 Å². The molecule has 0 aromatic heterocycles. The molecule has 1 rings (SSSR count). The molecular weight excluding hydrogens is 188 g/mol. The molecule has 1 aromatic carbocycles. The van der Waals surface area contributed by atoms with Crippen molar-refractivity contribution in [3.63, 3.8) is 0 Å². The van der Waals surface area contributed by atoms with Crippen LogP contribution in [0.2, 0.25) is 0 Å². The molecule has 0 saturated carbocycles. The van der Waals surface area contributed by atoms with Crippen molar-refractivity contribution in [3.8, 4) is 0 Å². The molecule has 1 N–H and O–H groups in total. The quantitative estimate of drug-likeness (QED) is 0.776. The fourth-order valence-electron chi connectivity index (χ4n) is 1.61. The van der Waals surface area contributed by atoms with Crippen molar-refractivity contribution < 1.29 is 9.84 Å². The zero-order chi connectivity index (χ0) is 11.1. The summed E-state index contributed by atoms with van der Waals surface area (Å²) in [5, 5.41) is 8.76. The summed E-state index contributed by atoms with van der Waals surface area (Å²) in [6.45, 7) is 2.33. The number of rotatable bonds is 6. The summed E-state index contributed by atoms with van der Waals surface area (Å²) >= 11 is 0. The Bertz CT molecular complexity index is 284. The summed E-state index contributed by atoms with van der Waals surface area (Å²) in [6.07, 6.45) is 3.00. The van der Waals surface area contributed by atoms with Gasteiger partial charge in [-0.3, -0.25) is 0 Å². The van der Waals surface area contributed by atoms with Crippen LogP contribution < -0.4 is 0 Å². The second-order valence-corrected chi connectivity index (χ2v) is 3.90. The van der Waals surface area contributed by atoms with Gasteiger partial charge in [0.25, 0.3) is 0 Å². The number of ether oxygens (including phenoxy) is 1. The lowest BCUT2D eigenvalue weighted by Crippen LogP contribution is -2.08. The summed E-state index contributed by atoms with van der Waals surface area (Å²) in [6, 6.07) is 8.50. The number of hydrogen-bond donors (Lipinski definition) is 1. The molecule has 0 saturated heterocycles. The predicted octanol–water partition coefficient (Wildman–Crippen LogP) is 2.19. The predicted molar refractivity (Wildman–Crippen MR) is 62.0 cm³/mol. The SMILES string of the molecule is COC(C)Cc1cccc(CCCO)c1. The third-order valence-corrected chi connectivity index (χ3v) is 2.54. The molecule has 84 valence electrons. The van der Waals surface area contributed by atoms with Crippen molar-refractivity contribution in [2.45, 2.75) is 32.3 Å². The highest BCUT2D eigenvalue weighted by molar-refractivity contribution is 5.24. The van der Waals surface area contributed by atoms with E-state index in [4.69, 9.17) is 9.84 Å². The molecule has 0 aliphatic rings. The lowest BCUT2D eigenvalue weighted by atomic mass is 10.0. The van der Waals surface area contributed by atoms with Crippen LogP contribution in [0.25, 0.3) is 0 Å². The lowest BCUT2D eigenvalue weighted by Gasteiger charge is -2.10. The number of benzene rings is 1. The van der Waals surface area contributed by atoms with E-state index in [9.17, 15) is 0 Å². The summed E-state index contributed by atoms with van der Waals surface area (Å²) in [4.78, 5) is 0. The zero-order valence-electron chi connectivity index (χ0n) is 9.57. The Morgan fingerprint density at radius 2 is 2.07 bits per heavy atom. The minimum Gasteiger partial charge on any atom is -0.396 e. The maximum atomic E-state index is 8.76. The van der Waals surface area contributed by atoms with E-state index < -0.39 is 0 Å². The van der Waals surface area contributed by atoms with Gasteiger partial charge in [-0.05, 0) is 37.3 Å². The first kappa shape index (κ1) is 12.2. The Hall–Kier alpha value is -0.860. The molecule has 15 heavy (non-hydrogen) atoms. The first-order valence-corrected chi connectivity index (χ1v) is 5.47. The largest absolute Gasteiger partial charge is 0.396 e. The average Bonchev–Trinajstić information content (AvgIpc) is 2.26. The molecule has 0 aliphatic carbocycles. The number of hydrogen-bond acceptors (Lipinski definition) is 2. The summed E-state index contributed by atoms with van der Waals surface area (Å²) in [5.41, 5.74) is 2.60. The summed E-state index contributed by atoms with van der Waals surface area (Å²) in [5.74, 6) is 0. The van der Waals surface area contributed by atoms with Crippen LogP contribution in [0.1, 0.15) is 24.5 Å². The highest BCUT2D eigenvalue weighted by Crippen LogP contribution is 2.10. The molecule has 0 fully saturated rings. The van der Waals surface area contributed by atoms with Crippen LogP contribution in [0.15, 0.2) is 24.3 Å². The first-order chi connectivity index (χ1) is 7.26. The van der Waals surface area contributed by atoms with Crippen molar-refractivity contribution in [2.75, 3.05) is 13.7 Å². The van der Waals surface area contributed by atoms with Crippen LogP contribution >= 0.6 is 0 Å². The molecule has 1 aromatic rings. The maximum Gasteiger partial charge on any atom is 0.0583 e. The smallest absolute Gasteiger partial charge is 0.0583 e. The van der Waals surface area contributed by atoms with Crippen molar-refractivity contribution in [2.24, 2.45) is 0 Å². The molecule has 0 heterocycles.